The fraction of sp³-hybridized carbons (Fsp3) is 0.333. The number of rotatable bonds is 1. The highest BCUT2D eigenvalue weighted by atomic mass is 19.1. The van der Waals surface area contributed by atoms with Crippen molar-refractivity contribution in [1.29, 1.82) is 0 Å². The molecule has 2 heterocycles. The first-order chi connectivity index (χ1) is 10.2. The zero-order chi connectivity index (χ0) is 14.4. The average Bonchev–Trinajstić information content (AvgIpc) is 2.97. The molecule has 21 heavy (non-hydrogen) atoms. The van der Waals surface area contributed by atoms with Gasteiger partial charge in [0.05, 0.1) is 12.1 Å². The van der Waals surface area contributed by atoms with Crippen LogP contribution >= 0.6 is 0 Å². The molecular weight excluding hydrogens is 265 g/mol. The summed E-state index contributed by atoms with van der Waals surface area (Å²) in [6.45, 7) is 2.90. The first-order valence-corrected chi connectivity index (χ1v) is 7.46. The first kappa shape index (κ1) is 12.8. The SMILES string of the molecule is Cc1ccc2c(c1)[C@H]1OCC[C@H]1[C@@H](c1ccc(F)cc1)N2. The van der Waals surface area contributed by atoms with Crippen LogP contribution in [0.15, 0.2) is 42.5 Å². The van der Waals surface area contributed by atoms with Crippen molar-refractivity contribution in [2.24, 2.45) is 5.92 Å². The number of fused-ring (bicyclic) bond motifs is 3. The average molecular weight is 283 g/mol. The van der Waals surface area contributed by atoms with E-state index in [4.69, 9.17) is 4.74 Å². The molecule has 3 atom stereocenters. The molecular formula is C18H18FNO. The summed E-state index contributed by atoms with van der Waals surface area (Å²) in [6, 6.07) is 13.5. The lowest BCUT2D eigenvalue weighted by Crippen LogP contribution is -2.29. The van der Waals surface area contributed by atoms with E-state index in [1.165, 1.54) is 23.3 Å². The summed E-state index contributed by atoms with van der Waals surface area (Å²) in [7, 11) is 0. The third kappa shape index (κ3) is 2.12. The molecule has 0 radical (unpaired) electrons. The molecule has 0 spiro atoms. The van der Waals surface area contributed by atoms with Gasteiger partial charge in [0.2, 0.25) is 0 Å². The Morgan fingerprint density at radius 2 is 1.95 bits per heavy atom. The predicted octanol–water partition coefficient (Wildman–Crippen LogP) is 4.38. The number of halogens is 1. The normalized spacial score (nSPS) is 26.9. The van der Waals surface area contributed by atoms with Gasteiger partial charge in [0.1, 0.15) is 5.82 Å². The molecule has 108 valence electrons. The Balaban J connectivity index is 1.77. The van der Waals surface area contributed by atoms with Crippen LogP contribution in [0.4, 0.5) is 10.1 Å². The second-order valence-corrected chi connectivity index (χ2v) is 6.01. The Morgan fingerprint density at radius 1 is 1.14 bits per heavy atom. The van der Waals surface area contributed by atoms with E-state index < -0.39 is 0 Å². The number of benzene rings is 2. The molecule has 4 rings (SSSR count). The number of anilines is 1. The van der Waals surface area contributed by atoms with Crippen LogP contribution in [-0.4, -0.2) is 6.61 Å². The van der Waals surface area contributed by atoms with Crippen LogP contribution in [0, 0.1) is 18.7 Å². The molecule has 2 aromatic carbocycles. The predicted molar refractivity (Wildman–Crippen MR) is 80.7 cm³/mol. The lowest BCUT2D eigenvalue weighted by Gasteiger charge is -2.36. The molecule has 2 nitrogen and oxygen atoms in total. The molecule has 1 fully saturated rings. The maximum atomic E-state index is 13.2. The van der Waals surface area contributed by atoms with Crippen LogP contribution in [0.5, 0.6) is 0 Å². The summed E-state index contributed by atoms with van der Waals surface area (Å²) in [5.74, 6) is 0.217. The van der Waals surface area contributed by atoms with Gasteiger partial charge in [-0.25, -0.2) is 4.39 Å². The largest absolute Gasteiger partial charge is 0.378 e. The summed E-state index contributed by atoms with van der Waals surface area (Å²) >= 11 is 0. The summed E-state index contributed by atoms with van der Waals surface area (Å²) in [6.07, 6.45) is 1.18. The molecule has 3 heteroatoms. The summed E-state index contributed by atoms with van der Waals surface area (Å²) in [5.41, 5.74) is 4.78. The smallest absolute Gasteiger partial charge is 0.123 e. The summed E-state index contributed by atoms with van der Waals surface area (Å²) in [5, 5.41) is 3.63. The van der Waals surface area contributed by atoms with Crippen molar-refractivity contribution in [3.8, 4) is 0 Å². The summed E-state index contributed by atoms with van der Waals surface area (Å²) < 4.78 is 19.2. The Labute approximate surface area is 123 Å². The highest BCUT2D eigenvalue weighted by molar-refractivity contribution is 5.58. The molecule has 0 aliphatic carbocycles. The van der Waals surface area contributed by atoms with Crippen molar-refractivity contribution in [2.75, 3.05) is 11.9 Å². The van der Waals surface area contributed by atoms with Gasteiger partial charge >= 0.3 is 0 Å². The Hall–Kier alpha value is -1.87. The number of ether oxygens (including phenoxy) is 1. The van der Waals surface area contributed by atoms with Gasteiger partial charge in [-0.3, -0.25) is 0 Å². The fourth-order valence-electron chi connectivity index (χ4n) is 3.59. The van der Waals surface area contributed by atoms with E-state index in [1.807, 2.05) is 12.1 Å². The van der Waals surface area contributed by atoms with Gasteiger partial charge < -0.3 is 10.1 Å². The minimum atomic E-state index is -0.190. The van der Waals surface area contributed by atoms with E-state index in [0.717, 1.165) is 24.3 Å². The van der Waals surface area contributed by atoms with Crippen molar-refractivity contribution in [3.63, 3.8) is 0 Å². The van der Waals surface area contributed by atoms with Gasteiger partial charge in [0.15, 0.2) is 0 Å². The topological polar surface area (TPSA) is 21.3 Å². The minimum absolute atomic E-state index is 0.149. The van der Waals surface area contributed by atoms with Gasteiger partial charge in [-0.05, 0) is 37.1 Å². The quantitative estimate of drug-likeness (QED) is 0.838. The third-order valence-electron chi connectivity index (χ3n) is 4.62. The molecule has 0 aromatic heterocycles. The van der Waals surface area contributed by atoms with Crippen LogP contribution < -0.4 is 5.32 Å². The minimum Gasteiger partial charge on any atom is -0.378 e. The zero-order valence-electron chi connectivity index (χ0n) is 12.0. The number of hydrogen-bond donors (Lipinski definition) is 1. The third-order valence-corrected chi connectivity index (χ3v) is 4.62. The van der Waals surface area contributed by atoms with E-state index in [2.05, 4.69) is 30.4 Å². The van der Waals surface area contributed by atoms with Crippen LogP contribution in [0.2, 0.25) is 0 Å². The fourth-order valence-corrected chi connectivity index (χ4v) is 3.59. The van der Waals surface area contributed by atoms with Crippen molar-refractivity contribution in [1.82, 2.24) is 0 Å². The first-order valence-electron chi connectivity index (χ1n) is 7.46. The molecule has 0 unspecified atom stereocenters. The standard InChI is InChI=1S/C18H18FNO/c1-11-2-7-16-15(10-11)18-14(8-9-21-18)17(20-16)12-3-5-13(19)6-4-12/h2-7,10,14,17-18,20H,8-9H2,1H3/t14-,17+,18-/m0/s1. The van der Waals surface area contributed by atoms with Crippen LogP contribution in [0.1, 0.15) is 35.3 Å². The lowest BCUT2D eigenvalue weighted by molar-refractivity contribution is 0.0829. The van der Waals surface area contributed by atoms with E-state index in [9.17, 15) is 4.39 Å². The zero-order valence-corrected chi connectivity index (χ0v) is 12.0. The van der Waals surface area contributed by atoms with Crippen LogP contribution in [0.25, 0.3) is 0 Å². The van der Waals surface area contributed by atoms with Crippen molar-refractivity contribution in [3.05, 3.63) is 65.0 Å². The van der Waals surface area contributed by atoms with Gasteiger partial charge in [0, 0.05) is 23.8 Å². The highest BCUT2D eigenvalue weighted by Gasteiger charge is 2.41. The highest BCUT2D eigenvalue weighted by Crippen LogP contribution is 2.49. The molecule has 2 aliphatic rings. The maximum Gasteiger partial charge on any atom is 0.123 e. The Kier molecular flexibility index (Phi) is 2.96. The van der Waals surface area contributed by atoms with Gasteiger partial charge in [0.25, 0.3) is 0 Å². The van der Waals surface area contributed by atoms with Crippen molar-refractivity contribution in [2.45, 2.75) is 25.5 Å². The van der Waals surface area contributed by atoms with Crippen molar-refractivity contribution < 1.29 is 9.13 Å². The summed E-state index contributed by atoms with van der Waals surface area (Å²) in [4.78, 5) is 0. The number of hydrogen-bond acceptors (Lipinski definition) is 2. The van der Waals surface area contributed by atoms with Gasteiger partial charge in [-0.2, -0.15) is 0 Å². The molecule has 2 aliphatic heterocycles. The second kappa shape index (κ2) is 4.85. The lowest BCUT2D eigenvalue weighted by atomic mass is 9.80. The van der Waals surface area contributed by atoms with E-state index in [-0.39, 0.29) is 18.0 Å². The molecule has 0 bridgehead atoms. The molecule has 2 aromatic rings. The Bertz CT molecular complexity index is 667. The van der Waals surface area contributed by atoms with E-state index >= 15 is 0 Å². The molecule has 1 saturated heterocycles. The van der Waals surface area contributed by atoms with Gasteiger partial charge in [-0.1, -0.05) is 29.8 Å². The molecule has 1 N–H and O–H groups in total. The maximum absolute atomic E-state index is 13.2. The Morgan fingerprint density at radius 3 is 2.76 bits per heavy atom. The van der Waals surface area contributed by atoms with E-state index in [0.29, 0.717) is 5.92 Å². The monoisotopic (exact) mass is 283 g/mol. The number of nitrogens with one attached hydrogen (secondary N) is 1. The van der Waals surface area contributed by atoms with Crippen molar-refractivity contribution >= 4 is 5.69 Å². The second-order valence-electron chi connectivity index (χ2n) is 6.01. The van der Waals surface area contributed by atoms with Crippen LogP contribution in [0.3, 0.4) is 0 Å². The van der Waals surface area contributed by atoms with E-state index in [1.54, 1.807) is 0 Å². The van der Waals surface area contributed by atoms with Gasteiger partial charge in [-0.15, -0.1) is 0 Å². The molecule has 0 saturated carbocycles. The molecule has 0 amide bonds. The van der Waals surface area contributed by atoms with Crippen LogP contribution in [-0.2, 0) is 4.74 Å². The number of aryl methyl sites for hydroxylation is 1.